The second-order valence-corrected chi connectivity index (χ2v) is 6.50. The summed E-state index contributed by atoms with van der Waals surface area (Å²) >= 11 is 0. The zero-order valence-electron chi connectivity index (χ0n) is 15.3. The fourth-order valence-electron chi connectivity index (χ4n) is 3.31. The van der Waals surface area contributed by atoms with Crippen molar-refractivity contribution in [3.63, 3.8) is 0 Å². The summed E-state index contributed by atoms with van der Waals surface area (Å²) in [6, 6.07) is 8.29. The van der Waals surface area contributed by atoms with E-state index in [1.54, 1.807) is 9.80 Å². The minimum atomic E-state index is -4.70. The fourth-order valence-corrected chi connectivity index (χ4v) is 3.31. The molecule has 1 heterocycles. The molecule has 1 saturated heterocycles. The van der Waals surface area contributed by atoms with Crippen molar-refractivity contribution in [3.05, 3.63) is 67.8 Å². The van der Waals surface area contributed by atoms with Crippen LogP contribution in [0.15, 0.2) is 36.4 Å². The molecule has 0 amide bonds. The van der Waals surface area contributed by atoms with Gasteiger partial charge in [0.25, 0.3) is 11.4 Å². The first kappa shape index (κ1) is 20.8. The maximum Gasteiger partial charge on any atom is 0.416 e. The second-order valence-electron chi connectivity index (χ2n) is 6.50. The molecule has 1 aliphatic heterocycles. The standard InChI is InChI=1S/C18H14F3N5O4/c19-18(20,21)13-2-4-15(17(10-13)26(29)30)24-7-5-23(6-8-24)14-3-1-12(11-22)9-16(14)25(27)28/h1-4,9-10H,5-8H2. The number of halogens is 3. The lowest BCUT2D eigenvalue weighted by Crippen LogP contribution is -2.46. The lowest BCUT2D eigenvalue weighted by molar-refractivity contribution is -0.384. The maximum absolute atomic E-state index is 12.9. The van der Waals surface area contributed by atoms with Gasteiger partial charge in [0.15, 0.2) is 0 Å². The Hall–Kier alpha value is -3.88. The van der Waals surface area contributed by atoms with Crippen LogP contribution in [0.25, 0.3) is 0 Å². The zero-order valence-corrected chi connectivity index (χ0v) is 15.3. The van der Waals surface area contributed by atoms with Gasteiger partial charge in [-0.05, 0) is 24.3 Å². The molecule has 2 aromatic carbocycles. The molecule has 30 heavy (non-hydrogen) atoms. The molecule has 0 unspecified atom stereocenters. The van der Waals surface area contributed by atoms with Gasteiger partial charge < -0.3 is 9.80 Å². The van der Waals surface area contributed by atoms with Gasteiger partial charge in [0.05, 0.1) is 27.0 Å². The van der Waals surface area contributed by atoms with E-state index in [1.807, 2.05) is 6.07 Å². The maximum atomic E-state index is 12.9. The van der Waals surface area contributed by atoms with E-state index in [9.17, 15) is 33.4 Å². The monoisotopic (exact) mass is 421 g/mol. The number of alkyl halides is 3. The van der Waals surface area contributed by atoms with Gasteiger partial charge in [-0.3, -0.25) is 20.2 Å². The van der Waals surface area contributed by atoms with E-state index in [4.69, 9.17) is 5.26 Å². The zero-order chi connectivity index (χ0) is 22.1. The predicted octanol–water partition coefficient (Wildman–Crippen LogP) is 3.72. The quantitative estimate of drug-likeness (QED) is 0.545. The lowest BCUT2D eigenvalue weighted by Gasteiger charge is -2.36. The number of nitrogens with zero attached hydrogens (tertiary/aromatic N) is 5. The van der Waals surface area contributed by atoms with Crippen LogP contribution in [0.5, 0.6) is 0 Å². The van der Waals surface area contributed by atoms with Crippen molar-refractivity contribution in [2.45, 2.75) is 6.18 Å². The molecule has 0 saturated carbocycles. The predicted molar refractivity (Wildman–Crippen MR) is 100 cm³/mol. The minimum Gasteiger partial charge on any atom is -0.362 e. The van der Waals surface area contributed by atoms with Gasteiger partial charge in [-0.25, -0.2) is 0 Å². The first-order valence-electron chi connectivity index (χ1n) is 8.66. The number of piperazine rings is 1. The first-order valence-corrected chi connectivity index (χ1v) is 8.66. The summed E-state index contributed by atoms with van der Waals surface area (Å²) in [7, 11) is 0. The highest BCUT2D eigenvalue weighted by molar-refractivity contribution is 5.68. The van der Waals surface area contributed by atoms with Crippen LogP contribution in [0.1, 0.15) is 11.1 Å². The largest absolute Gasteiger partial charge is 0.416 e. The summed E-state index contributed by atoms with van der Waals surface area (Å²) in [5, 5.41) is 31.6. The topological polar surface area (TPSA) is 117 Å². The van der Waals surface area contributed by atoms with Crippen LogP contribution in [0.2, 0.25) is 0 Å². The Balaban J connectivity index is 1.84. The van der Waals surface area contributed by atoms with Gasteiger partial charge in [-0.15, -0.1) is 0 Å². The number of hydrogen-bond donors (Lipinski definition) is 0. The summed E-state index contributed by atoms with van der Waals surface area (Å²) in [5.41, 5.74) is -1.48. The van der Waals surface area contributed by atoms with E-state index in [0.29, 0.717) is 11.8 Å². The first-order chi connectivity index (χ1) is 14.1. The van der Waals surface area contributed by atoms with E-state index in [1.165, 1.54) is 18.2 Å². The molecule has 0 radical (unpaired) electrons. The fraction of sp³-hybridized carbons (Fsp3) is 0.278. The Morgan fingerprint density at radius 2 is 1.33 bits per heavy atom. The summed E-state index contributed by atoms with van der Waals surface area (Å²) < 4.78 is 38.6. The SMILES string of the molecule is N#Cc1ccc(N2CCN(c3ccc(C(F)(F)F)cc3[N+](=O)[O-])CC2)c([N+](=O)[O-])c1. The summed E-state index contributed by atoms with van der Waals surface area (Å²) in [6.07, 6.45) is -4.70. The molecule has 2 aromatic rings. The summed E-state index contributed by atoms with van der Waals surface area (Å²) in [5.74, 6) is 0. The second kappa shape index (κ2) is 7.86. The van der Waals surface area contributed by atoms with Crippen LogP contribution >= 0.6 is 0 Å². The molecule has 0 atom stereocenters. The summed E-state index contributed by atoms with van der Waals surface area (Å²) in [4.78, 5) is 24.5. The molecular formula is C18H14F3N5O4. The molecule has 9 nitrogen and oxygen atoms in total. The molecule has 3 rings (SSSR count). The average molecular weight is 421 g/mol. The van der Waals surface area contributed by atoms with Crippen molar-refractivity contribution in [1.82, 2.24) is 0 Å². The molecule has 0 bridgehead atoms. The van der Waals surface area contributed by atoms with Crippen molar-refractivity contribution in [3.8, 4) is 6.07 Å². The molecule has 156 valence electrons. The molecule has 1 fully saturated rings. The Labute approximate surface area is 167 Å². The molecule has 0 N–H and O–H groups in total. The van der Waals surface area contributed by atoms with Crippen molar-refractivity contribution in [1.29, 1.82) is 5.26 Å². The number of hydrogen-bond acceptors (Lipinski definition) is 7. The van der Waals surface area contributed by atoms with E-state index >= 15 is 0 Å². The van der Waals surface area contributed by atoms with Gasteiger partial charge in [0, 0.05) is 38.3 Å². The van der Waals surface area contributed by atoms with Crippen LogP contribution in [0.3, 0.4) is 0 Å². The van der Waals surface area contributed by atoms with Crippen molar-refractivity contribution in [2.24, 2.45) is 0 Å². The van der Waals surface area contributed by atoms with E-state index in [2.05, 4.69) is 0 Å². The Morgan fingerprint density at radius 1 is 0.867 bits per heavy atom. The molecule has 0 aromatic heterocycles. The normalized spacial score (nSPS) is 14.3. The number of benzene rings is 2. The molecule has 0 aliphatic carbocycles. The average Bonchev–Trinajstić information content (AvgIpc) is 2.72. The van der Waals surface area contributed by atoms with Crippen LogP contribution in [-0.4, -0.2) is 36.0 Å². The Morgan fingerprint density at radius 3 is 1.77 bits per heavy atom. The molecule has 0 spiro atoms. The lowest BCUT2D eigenvalue weighted by atomic mass is 10.1. The number of anilines is 2. The number of nitro benzene ring substituents is 2. The number of nitriles is 1. The molecular weight excluding hydrogens is 407 g/mol. The third kappa shape index (κ3) is 4.09. The van der Waals surface area contributed by atoms with Crippen LogP contribution < -0.4 is 9.80 Å². The molecule has 12 heteroatoms. The van der Waals surface area contributed by atoms with Gasteiger partial charge >= 0.3 is 6.18 Å². The highest BCUT2D eigenvalue weighted by Crippen LogP contribution is 2.37. The van der Waals surface area contributed by atoms with E-state index in [-0.39, 0.29) is 43.1 Å². The van der Waals surface area contributed by atoms with Crippen LogP contribution in [-0.2, 0) is 6.18 Å². The summed E-state index contributed by atoms with van der Waals surface area (Å²) in [6.45, 7) is 0.933. The highest BCUT2D eigenvalue weighted by Gasteiger charge is 2.34. The third-order valence-electron chi connectivity index (χ3n) is 4.76. The smallest absolute Gasteiger partial charge is 0.362 e. The van der Waals surface area contributed by atoms with Gasteiger partial charge in [0.2, 0.25) is 0 Å². The van der Waals surface area contributed by atoms with Gasteiger partial charge in [-0.2, -0.15) is 18.4 Å². The van der Waals surface area contributed by atoms with Crippen molar-refractivity contribution in [2.75, 3.05) is 36.0 Å². The minimum absolute atomic E-state index is 0.0574. The van der Waals surface area contributed by atoms with E-state index < -0.39 is 27.3 Å². The van der Waals surface area contributed by atoms with Gasteiger partial charge in [0.1, 0.15) is 11.4 Å². The van der Waals surface area contributed by atoms with Gasteiger partial charge in [-0.1, -0.05) is 0 Å². The number of rotatable bonds is 4. The highest BCUT2D eigenvalue weighted by atomic mass is 19.4. The Bertz CT molecular complexity index is 1040. The van der Waals surface area contributed by atoms with E-state index in [0.717, 1.165) is 12.1 Å². The Kier molecular flexibility index (Phi) is 5.46. The third-order valence-corrected chi connectivity index (χ3v) is 4.76. The van der Waals surface area contributed by atoms with Crippen LogP contribution in [0, 0.1) is 31.6 Å². The van der Waals surface area contributed by atoms with Crippen molar-refractivity contribution >= 4 is 22.7 Å². The van der Waals surface area contributed by atoms with Crippen molar-refractivity contribution < 1.29 is 23.0 Å². The van der Waals surface area contributed by atoms with Crippen LogP contribution in [0.4, 0.5) is 35.9 Å². The number of nitro groups is 2. The molecule has 1 aliphatic rings.